The van der Waals surface area contributed by atoms with Gasteiger partial charge in [0.05, 0.1) is 0 Å². The molecule has 0 aromatic heterocycles. The van der Waals surface area contributed by atoms with Crippen LogP contribution in [0.1, 0.15) is 51.9 Å². The SMILES string of the molecule is CCCN(CCNC(C1CC1)C1CC1)CC1CC1. The van der Waals surface area contributed by atoms with E-state index in [1.165, 1.54) is 71.1 Å². The first-order chi connectivity index (χ1) is 8.86. The Labute approximate surface area is 113 Å². The maximum atomic E-state index is 3.88. The van der Waals surface area contributed by atoms with Gasteiger partial charge < -0.3 is 10.2 Å². The van der Waals surface area contributed by atoms with Gasteiger partial charge in [-0.25, -0.2) is 0 Å². The number of hydrogen-bond acceptors (Lipinski definition) is 2. The average Bonchev–Trinajstić information content (AvgIpc) is 3.21. The van der Waals surface area contributed by atoms with Crippen molar-refractivity contribution in [1.29, 1.82) is 0 Å². The van der Waals surface area contributed by atoms with Gasteiger partial charge in [-0.3, -0.25) is 0 Å². The van der Waals surface area contributed by atoms with Gasteiger partial charge in [0, 0.05) is 25.7 Å². The molecule has 0 spiro atoms. The van der Waals surface area contributed by atoms with Crippen LogP contribution in [0.5, 0.6) is 0 Å². The number of nitrogens with zero attached hydrogens (tertiary/aromatic N) is 1. The van der Waals surface area contributed by atoms with E-state index < -0.39 is 0 Å². The topological polar surface area (TPSA) is 15.3 Å². The van der Waals surface area contributed by atoms with Crippen LogP contribution < -0.4 is 5.32 Å². The Hall–Kier alpha value is -0.0800. The summed E-state index contributed by atoms with van der Waals surface area (Å²) in [7, 11) is 0. The van der Waals surface area contributed by atoms with Crippen molar-refractivity contribution in [2.75, 3.05) is 26.2 Å². The fourth-order valence-electron chi connectivity index (χ4n) is 3.29. The summed E-state index contributed by atoms with van der Waals surface area (Å²) in [6, 6.07) is 0.884. The highest BCUT2D eigenvalue weighted by molar-refractivity contribution is 4.96. The van der Waals surface area contributed by atoms with Crippen LogP contribution in [-0.2, 0) is 0 Å². The Morgan fingerprint density at radius 1 is 1.00 bits per heavy atom. The van der Waals surface area contributed by atoms with Crippen molar-refractivity contribution in [2.45, 2.75) is 57.9 Å². The average molecular weight is 250 g/mol. The van der Waals surface area contributed by atoms with Gasteiger partial charge in [-0.15, -0.1) is 0 Å². The minimum Gasteiger partial charge on any atom is -0.312 e. The third-order valence-electron chi connectivity index (χ3n) is 4.82. The molecule has 3 aliphatic carbocycles. The van der Waals surface area contributed by atoms with Crippen molar-refractivity contribution in [3.8, 4) is 0 Å². The van der Waals surface area contributed by atoms with E-state index in [4.69, 9.17) is 0 Å². The first kappa shape index (κ1) is 12.9. The fourth-order valence-corrected chi connectivity index (χ4v) is 3.29. The number of nitrogens with one attached hydrogen (secondary N) is 1. The summed E-state index contributed by atoms with van der Waals surface area (Å²) < 4.78 is 0. The highest BCUT2D eigenvalue weighted by Crippen LogP contribution is 2.44. The van der Waals surface area contributed by atoms with Crippen molar-refractivity contribution in [1.82, 2.24) is 10.2 Å². The van der Waals surface area contributed by atoms with Crippen molar-refractivity contribution < 1.29 is 0 Å². The molecule has 0 bridgehead atoms. The molecule has 3 fully saturated rings. The van der Waals surface area contributed by atoms with E-state index >= 15 is 0 Å². The zero-order valence-corrected chi connectivity index (χ0v) is 12.0. The lowest BCUT2D eigenvalue weighted by atomic mass is 10.1. The Kier molecular flexibility index (Phi) is 4.25. The second-order valence-electron chi connectivity index (χ2n) is 6.90. The van der Waals surface area contributed by atoms with Gasteiger partial charge in [0.15, 0.2) is 0 Å². The molecular weight excluding hydrogens is 220 g/mol. The van der Waals surface area contributed by atoms with Crippen LogP contribution in [0.4, 0.5) is 0 Å². The van der Waals surface area contributed by atoms with Crippen LogP contribution in [0.2, 0.25) is 0 Å². The highest BCUT2D eigenvalue weighted by atomic mass is 15.1. The molecule has 0 amide bonds. The van der Waals surface area contributed by atoms with E-state index in [-0.39, 0.29) is 0 Å². The number of hydrogen-bond donors (Lipinski definition) is 1. The molecule has 2 heteroatoms. The fraction of sp³-hybridized carbons (Fsp3) is 1.00. The third-order valence-corrected chi connectivity index (χ3v) is 4.82. The van der Waals surface area contributed by atoms with Crippen LogP contribution in [0.25, 0.3) is 0 Å². The molecule has 0 aromatic rings. The Balaban J connectivity index is 1.35. The Morgan fingerprint density at radius 2 is 1.67 bits per heavy atom. The van der Waals surface area contributed by atoms with Crippen molar-refractivity contribution in [3.05, 3.63) is 0 Å². The molecule has 1 N–H and O–H groups in total. The summed E-state index contributed by atoms with van der Waals surface area (Å²) in [4.78, 5) is 2.70. The first-order valence-corrected chi connectivity index (χ1v) is 8.32. The van der Waals surface area contributed by atoms with Gasteiger partial charge in [0.2, 0.25) is 0 Å². The van der Waals surface area contributed by atoms with Crippen molar-refractivity contribution in [3.63, 3.8) is 0 Å². The zero-order valence-electron chi connectivity index (χ0n) is 12.0. The molecular formula is C16H30N2. The Morgan fingerprint density at radius 3 is 2.17 bits per heavy atom. The van der Waals surface area contributed by atoms with Gasteiger partial charge in [-0.05, 0) is 69.2 Å². The monoisotopic (exact) mass is 250 g/mol. The second kappa shape index (κ2) is 5.92. The largest absolute Gasteiger partial charge is 0.312 e. The van der Waals surface area contributed by atoms with Crippen LogP contribution >= 0.6 is 0 Å². The quantitative estimate of drug-likeness (QED) is 0.641. The van der Waals surface area contributed by atoms with E-state index in [0.29, 0.717) is 0 Å². The summed E-state index contributed by atoms with van der Waals surface area (Å²) in [5.41, 5.74) is 0. The van der Waals surface area contributed by atoms with Gasteiger partial charge in [-0.1, -0.05) is 6.92 Å². The van der Waals surface area contributed by atoms with Crippen LogP contribution in [0, 0.1) is 17.8 Å². The molecule has 18 heavy (non-hydrogen) atoms. The summed E-state index contributed by atoms with van der Waals surface area (Å²) in [6.45, 7) is 7.48. The van der Waals surface area contributed by atoms with Crippen LogP contribution in [-0.4, -0.2) is 37.1 Å². The molecule has 3 saturated carbocycles. The molecule has 0 atom stereocenters. The van der Waals surface area contributed by atoms with E-state index in [9.17, 15) is 0 Å². The van der Waals surface area contributed by atoms with Gasteiger partial charge in [-0.2, -0.15) is 0 Å². The predicted molar refractivity (Wildman–Crippen MR) is 76.7 cm³/mol. The zero-order chi connectivity index (χ0) is 12.4. The molecule has 0 saturated heterocycles. The van der Waals surface area contributed by atoms with E-state index in [1.54, 1.807) is 0 Å². The van der Waals surface area contributed by atoms with Crippen molar-refractivity contribution in [2.24, 2.45) is 17.8 Å². The summed E-state index contributed by atoms with van der Waals surface area (Å²) >= 11 is 0. The van der Waals surface area contributed by atoms with Gasteiger partial charge in [0.1, 0.15) is 0 Å². The van der Waals surface area contributed by atoms with Gasteiger partial charge >= 0.3 is 0 Å². The minimum absolute atomic E-state index is 0.884. The molecule has 0 aliphatic heterocycles. The maximum absolute atomic E-state index is 3.88. The van der Waals surface area contributed by atoms with Crippen LogP contribution in [0.15, 0.2) is 0 Å². The van der Waals surface area contributed by atoms with Gasteiger partial charge in [0.25, 0.3) is 0 Å². The van der Waals surface area contributed by atoms with E-state index in [2.05, 4.69) is 17.1 Å². The lowest BCUT2D eigenvalue weighted by Crippen LogP contribution is -2.40. The minimum atomic E-state index is 0.884. The standard InChI is InChI=1S/C16H30N2/c1-2-10-18(12-13-3-4-13)11-9-17-16(14-5-6-14)15-7-8-15/h13-17H,2-12H2,1H3. The van der Waals surface area contributed by atoms with Crippen LogP contribution in [0.3, 0.4) is 0 Å². The normalized spacial score (nSPS) is 24.2. The Bertz CT molecular complexity index is 242. The molecule has 3 rings (SSSR count). The third kappa shape index (κ3) is 3.96. The molecule has 0 radical (unpaired) electrons. The summed E-state index contributed by atoms with van der Waals surface area (Å²) in [5, 5.41) is 3.88. The van der Waals surface area contributed by atoms with Crippen molar-refractivity contribution >= 4 is 0 Å². The van der Waals surface area contributed by atoms with E-state index in [1.807, 2.05) is 0 Å². The molecule has 104 valence electrons. The summed E-state index contributed by atoms with van der Waals surface area (Å²) in [5.74, 6) is 3.13. The summed E-state index contributed by atoms with van der Waals surface area (Å²) in [6.07, 6.45) is 10.3. The first-order valence-electron chi connectivity index (χ1n) is 8.32. The highest BCUT2D eigenvalue weighted by Gasteiger charge is 2.40. The molecule has 2 nitrogen and oxygen atoms in total. The number of rotatable bonds is 10. The predicted octanol–water partition coefficient (Wildman–Crippen LogP) is 2.89. The smallest absolute Gasteiger partial charge is 0.0124 e. The molecule has 0 aromatic carbocycles. The second-order valence-corrected chi connectivity index (χ2v) is 6.90. The van der Waals surface area contributed by atoms with E-state index in [0.717, 1.165) is 23.8 Å². The molecule has 0 unspecified atom stereocenters. The molecule has 3 aliphatic rings. The molecule has 0 heterocycles. The lowest BCUT2D eigenvalue weighted by Gasteiger charge is -2.24. The maximum Gasteiger partial charge on any atom is 0.0124 e. The lowest BCUT2D eigenvalue weighted by molar-refractivity contribution is 0.254.